The zero-order valence-electron chi connectivity index (χ0n) is 22.8. The fourth-order valence-electron chi connectivity index (χ4n) is 2.32. The summed E-state index contributed by atoms with van der Waals surface area (Å²) in [7, 11) is -4.94. The Hall–Kier alpha value is 0.464. The van der Waals surface area contributed by atoms with Crippen LogP contribution in [0, 0.1) is 5.92 Å². The Morgan fingerprint density at radius 2 is 1.27 bits per heavy atom. The van der Waals surface area contributed by atoms with Gasteiger partial charge in [0.05, 0.1) is 28.4 Å². The molecule has 0 aromatic carbocycles. The van der Waals surface area contributed by atoms with Crippen LogP contribution in [0.25, 0.3) is 0 Å². The Balaban J connectivity index is 5.66. The van der Waals surface area contributed by atoms with Crippen molar-refractivity contribution >= 4 is 27.6 Å². The van der Waals surface area contributed by atoms with Gasteiger partial charge >= 0.3 is 0 Å². The molecule has 0 aliphatic heterocycles. The molecule has 0 unspecified atom stereocenters. The van der Waals surface area contributed by atoms with Gasteiger partial charge in [-0.05, 0) is 69.4 Å². The van der Waals surface area contributed by atoms with Gasteiger partial charge in [0.25, 0.3) is 0 Å². The van der Waals surface area contributed by atoms with E-state index in [4.69, 9.17) is 8.85 Å². The molecule has 182 valence electrons. The molecule has 0 aromatic rings. The summed E-state index contributed by atoms with van der Waals surface area (Å²) in [5.41, 5.74) is 0. The van der Waals surface area contributed by atoms with Crippen LogP contribution in [0.1, 0.15) is 82.6 Å². The first-order valence-electron chi connectivity index (χ1n) is 11.5. The number of hydrogen-bond acceptors (Lipinski definition) is 3. The van der Waals surface area contributed by atoms with Crippen LogP contribution in [-0.4, -0.2) is 44.3 Å². The van der Waals surface area contributed by atoms with Crippen LogP contribution >= 0.6 is 0 Å². The molecule has 0 spiro atoms. The summed E-state index contributed by atoms with van der Waals surface area (Å²) in [5, 5.41) is 0.301. The number of rotatable bonds is 10. The molecule has 0 amide bonds. The summed E-state index contributed by atoms with van der Waals surface area (Å²) in [6, 6.07) is 0.114. The zero-order valence-corrected chi connectivity index (χ0v) is 25.6. The maximum absolute atomic E-state index is 12.8. The van der Waals surface area contributed by atoms with E-state index in [1.807, 2.05) is 20.8 Å². The minimum absolute atomic E-state index is 0.00288. The second-order valence-corrected chi connectivity index (χ2v) is 24.7. The van der Waals surface area contributed by atoms with Crippen LogP contribution in [0.2, 0.25) is 36.3 Å². The quantitative estimate of drug-likeness (QED) is 0.348. The Bertz CT molecular complexity index is 558. The van der Waals surface area contributed by atoms with E-state index in [-0.39, 0.29) is 27.0 Å². The van der Waals surface area contributed by atoms with Crippen LogP contribution in [0.4, 0.5) is 0 Å². The fourth-order valence-corrected chi connectivity index (χ4v) is 5.70. The minimum atomic E-state index is -1.96. The van der Waals surface area contributed by atoms with E-state index in [0.717, 1.165) is 6.42 Å². The summed E-state index contributed by atoms with van der Waals surface area (Å²) in [6.07, 6.45) is 0.803. The molecule has 0 radical (unpaired) electrons. The Morgan fingerprint density at radius 3 is 1.60 bits per heavy atom. The Labute approximate surface area is 193 Å². The van der Waals surface area contributed by atoms with E-state index in [1.54, 1.807) is 0 Å². The molecule has 0 aliphatic carbocycles. The highest BCUT2D eigenvalue weighted by Crippen LogP contribution is 2.39. The minimum Gasteiger partial charge on any atom is -0.414 e. The Kier molecular flexibility index (Phi) is 10.8. The zero-order chi connectivity index (χ0) is 24.3. The van der Waals surface area contributed by atoms with Gasteiger partial charge in [-0.3, -0.25) is 0 Å². The average Bonchev–Trinajstić information content (AvgIpc) is 2.48. The highest BCUT2D eigenvalue weighted by molar-refractivity contribution is 7.84. The maximum Gasteiger partial charge on any atom is 0.192 e. The van der Waals surface area contributed by atoms with E-state index in [2.05, 4.69) is 86.3 Å². The van der Waals surface area contributed by atoms with Crippen molar-refractivity contribution in [3.63, 3.8) is 0 Å². The first kappa shape index (κ1) is 30.5. The van der Waals surface area contributed by atoms with Gasteiger partial charge in [-0.2, -0.15) is 0 Å². The SMILES string of the molecule is CC(C)[C@@H](C[C@H](CO[Si](C)(C)C(C)(C)C)O[Si](C)(C)C(C)(C)C)N[S@](=O)C(C)(C)C. The molecule has 0 aromatic heterocycles. The van der Waals surface area contributed by atoms with Crippen LogP contribution < -0.4 is 4.72 Å². The standard InChI is InChI=1S/C23H53NO3SSi2/c1-18(2)20(24-28(25)21(3,4)5)16-19(27-30(14,15)23(9,10)11)17-26-29(12,13)22(6,7)8/h18-20,24H,16-17H2,1-15H3/t19-,20-,28-/m1/s1. The largest absolute Gasteiger partial charge is 0.414 e. The van der Waals surface area contributed by atoms with Gasteiger partial charge < -0.3 is 8.85 Å². The van der Waals surface area contributed by atoms with Gasteiger partial charge in [0.15, 0.2) is 16.6 Å². The van der Waals surface area contributed by atoms with Crippen molar-refractivity contribution in [2.24, 2.45) is 5.92 Å². The summed E-state index contributed by atoms with van der Waals surface area (Å²) in [4.78, 5) is 0. The third-order valence-electron chi connectivity index (χ3n) is 6.84. The van der Waals surface area contributed by atoms with E-state index >= 15 is 0 Å². The van der Waals surface area contributed by atoms with Gasteiger partial charge in [0, 0.05) is 6.04 Å². The van der Waals surface area contributed by atoms with E-state index in [9.17, 15) is 4.21 Å². The van der Waals surface area contributed by atoms with Gasteiger partial charge in [0.2, 0.25) is 0 Å². The van der Waals surface area contributed by atoms with Crippen molar-refractivity contribution < 1.29 is 13.1 Å². The Morgan fingerprint density at radius 1 is 0.833 bits per heavy atom. The highest BCUT2D eigenvalue weighted by Gasteiger charge is 2.42. The third-order valence-corrected chi connectivity index (χ3v) is 17.5. The topological polar surface area (TPSA) is 47.6 Å². The molecule has 4 nitrogen and oxygen atoms in total. The van der Waals surface area contributed by atoms with Crippen LogP contribution in [-0.2, 0) is 19.8 Å². The molecule has 0 aliphatic rings. The van der Waals surface area contributed by atoms with E-state index in [1.165, 1.54) is 0 Å². The van der Waals surface area contributed by atoms with Crippen LogP contribution in [0.15, 0.2) is 0 Å². The lowest BCUT2D eigenvalue weighted by Gasteiger charge is -2.42. The normalized spacial score (nSPS) is 17.9. The van der Waals surface area contributed by atoms with Crippen LogP contribution in [0.5, 0.6) is 0 Å². The van der Waals surface area contributed by atoms with Gasteiger partial charge in [-0.1, -0.05) is 55.4 Å². The number of hydrogen-bond donors (Lipinski definition) is 1. The fraction of sp³-hybridized carbons (Fsp3) is 1.00. The van der Waals surface area contributed by atoms with Crippen molar-refractivity contribution in [1.29, 1.82) is 0 Å². The monoisotopic (exact) mass is 479 g/mol. The summed E-state index contributed by atoms with van der Waals surface area (Å²) in [5.74, 6) is 0.356. The van der Waals surface area contributed by atoms with Crippen LogP contribution in [0.3, 0.4) is 0 Å². The first-order valence-corrected chi connectivity index (χ1v) is 18.5. The smallest absolute Gasteiger partial charge is 0.192 e. The third kappa shape index (κ3) is 9.53. The van der Waals surface area contributed by atoms with Gasteiger partial charge in [0.1, 0.15) is 0 Å². The van der Waals surface area contributed by atoms with Crippen molar-refractivity contribution in [1.82, 2.24) is 4.72 Å². The first-order chi connectivity index (χ1) is 13.0. The molecule has 1 N–H and O–H groups in total. The molecule has 0 rings (SSSR count). The highest BCUT2D eigenvalue weighted by atomic mass is 32.2. The molecule has 30 heavy (non-hydrogen) atoms. The number of nitrogens with one attached hydrogen (secondary N) is 1. The lowest BCUT2D eigenvalue weighted by Crippen LogP contribution is -2.50. The molecule has 0 bridgehead atoms. The molecular weight excluding hydrogens is 426 g/mol. The summed E-state index contributed by atoms with van der Waals surface area (Å²) < 4.78 is 29.4. The second-order valence-electron chi connectivity index (χ2n) is 13.2. The van der Waals surface area contributed by atoms with E-state index in [0.29, 0.717) is 12.5 Å². The molecule has 0 saturated carbocycles. The lowest BCUT2D eigenvalue weighted by atomic mass is 9.99. The van der Waals surface area contributed by atoms with Gasteiger partial charge in [-0.25, -0.2) is 8.93 Å². The molecule has 0 saturated heterocycles. The lowest BCUT2D eigenvalue weighted by molar-refractivity contribution is 0.0889. The molecular formula is C23H53NO3SSi2. The predicted molar refractivity (Wildman–Crippen MR) is 139 cm³/mol. The average molecular weight is 480 g/mol. The predicted octanol–water partition coefficient (Wildman–Crippen LogP) is 6.87. The van der Waals surface area contributed by atoms with Gasteiger partial charge in [-0.15, -0.1) is 0 Å². The molecule has 7 heteroatoms. The second kappa shape index (κ2) is 10.6. The van der Waals surface area contributed by atoms with Crippen molar-refractivity contribution in [2.75, 3.05) is 6.61 Å². The summed E-state index contributed by atoms with van der Waals surface area (Å²) >= 11 is 0. The summed E-state index contributed by atoms with van der Waals surface area (Å²) in [6.45, 7) is 33.9. The molecule has 3 atom stereocenters. The van der Waals surface area contributed by atoms with E-state index < -0.39 is 27.6 Å². The molecule has 0 fully saturated rings. The van der Waals surface area contributed by atoms with Crippen molar-refractivity contribution in [2.45, 2.75) is 136 Å². The molecule has 0 heterocycles. The van der Waals surface area contributed by atoms with Crippen molar-refractivity contribution in [3.05, 3.63) is 0 Å². The van der Waals surface area contributed by atoms with Crippen molar-refractivity contribution in [3.8, 4) is 0 Å². The maximum atomic E-state index is 12.8.